The largest absolute Gasteiger partial charge is 0.390 e. The first-order chi connectivity index (χ1) is 6.01. The highest BCUT2D eigenvalue weighted by molar-refractivity contribution is 4.80. The molecule has 3 N–H and O–H groups in total. The molecule has 1 rings (SSSR count). The van der Waals surface area contributed by atoms with Crippen LogP contribution in [0.4, 0.5) is 13.2 Å². The predicted octanol–water partition coefficient (Wildman–Crippen LogP) is 1.27. The molecule has 2 atom stereocenters. The Labute approximate surface area is 75.7 Å². The van der Waals surface area contributed by atoms with Crippen molar-refractivity contribution in [3.8, 4) is 0 Å². The fourth-order valence-corrected chi connectivity index (χ4v) is 1.74. The highest BCUT2D eigenvalue weighted by Crippen LogP contribution is 2.26. The van der Waals surface area contributed by atoms with Gasteiger partial charge in [0.1, 0.15) is 0 Å². The minimum Gasteiger partial charge on any atom is -0.330 e. The van der Waals surface area contributed by atoms with E-state index >= 15 is 0 Å². The Morgan fingerprint density at radius 1 is 1.38 bits per heavy atom. The van der Waals surface area contributed by atoms with Crippen molar-refractivity contribution in [2.75, 3.05) is 13.1 Å². The smallest absolute Gasteiger partial charge is 0.330 e. The number of nitrogens with two attached hydrogens (primary N) is 1. The minimum absolute atomic E-state index is 0.258. The van der Waals surface area contributed by atoms with Crippen LogP contribution in [-0.2, 0) is 0 Å². The summed E-state index contributed by atoms with van der Waals surface area (Å²) in [5, 5.41) is 2.86. The van der Waals surface area contributed by atoms with Gasteiger partial charge < -0.3 is 11.1 Å². The van der Waals surface area contributed by atoms with Crippen molar-refractivity contribution in [1.29, 1.82) is 0 Å². The molecule has 0 aromatic carbocycles. The van der Waals surface area contributed by atoms with Gasteiger partial charge in [0, 0.05) is 6.04 Å². The Balaban J connectivity index is 2.34. The molecule has 0 aromatic heterocycles. The highest BCUT2D eigenvalue weighted by atomic mass is 19.4. The van der Waals surface area contributed by atoms with Gasteiger partial charge in [0.25, 0.3) is 0 Å². The number of halogens is 3. The van der Waals surface area contributed by atoms with Crippen LogP contribution in [0, 0.1) is 5.92 Å². The van der Waals surface area contributed by atoms with Crippen molar-refractivity contribution in [3.63, 3.8) is 0 Å². The zero-order valence-corrected chi connectivity index (χ0v) is 7.40. The van der Waals surface area contributed by atoms with E-state index in [9.17, 15) is 13.2 Å². The van der Waals surface area contributed by atoms with Crippen LogP contribution in [0.15, 0.2) is 0 Å². The first kappa shape index (κ1) is 10.8. The lowest BCUT2D eigenvalue weighted by atomic mass is 9.91. The highest BCUT2D eigenvalue weighted by Gasteiger charge is 2.33. The molecule has 2 nitrogen and oxygen atoms in total. The van der Waals surface area contributed by atoms with E-state index in [1.54, 1.807) is 0 Å². The van der Waals surface area contributed by atoms with Crippen LogP contribution >= 0.6 is 0 Å². The van der Waals surface area contributed by atoms with Crippen LogP contribution in [-0.4, -0.2) is 25.3 Å². The predicted molar refractivity (Wildman–Crippen MR) is 44.2 cm³/mol. The lowest BCUT2D eigenvalue weighted by Crippen LogP contribution is -2.42. The van der Waals surface area contributed by atoms with E-state index < -0.39 is 18.6 Å². The standard InChI is InChI=1S/C8H15F3N2/c9-8(10,11)4-7-3-6(5-12)1-2-13-7/h6-7,13H,1-5,12H2. The summed E-state index contributed by atoms with van der Waals surface area (Å²) in [6.07, 6.45) is -3.35. The molecule has 1 fully saturated rings. The summed E-state index contributed by atoms with van der Waals surface area (Å²) in [6, 6.07) is -0.428. The number of nitrogens with one attached hydrogen (secondary N) is 1. The van der Waals surface area contributed by atoms with Crippen LogP contribution in [0.3, 0.4) is 0 Å². The quantitative estimate of drug-likeness (QED) is 0.698. The van der Waals surface area contributed by atoms with E-state index in [1.807, 2.05) is 0 Å². The summed E-state index contributed by atoms with van der Waals surface area (Å²) in [7, 11) is 0. The molecule has 0 amide bonds. The van der Waals surface area contributed by atoms with Gasteiger partial charge in [-0.05, 0) is 31.8 Å². The third-order valence-corrected chi connectivity index (χ3v) is 2.41. The molecule has 0 saturated carbocycles. The Morgan fingerprint density at radius 3 is 2.62 bits per heavy atom. The molecule has 0 bridgehead atoms. The third-order valence-electron chi connectivity index (χ3n) is 2.41. The Kier molecular flexibility index (Phi) is 3.55. The van der Waals surface area contributed by atoms with Crippen molar-refractivity contribution in [1.82, 2.24) is 5.32 Å². The monoisotopic (exact) mass is 196 g/mol. The van der Waals surface area contributed by atoms with E-state index in [-0.39, 0.29) is 5.92 Å². The first-order valence-corrected chi connectivity index (χ1v) is 4.51. The van der Waals surface area contributed by atoms with E-state index in [4.69, 9.17) is 5.73 Å². The molecule has 0 aliphatic carbocycles. The number of hydrogen-bond acceptors (Lipinski definition) is 2. The van der Waals surface area contributed by atoms with Crippen molar-refractivity contribution < 1.29 is 13.2 Å². The Bertz CT molecular complexity index is 158. The number of hydrogen-bond donors (Lipinski definition) is 2. The van der Waals surface area contributed by atoms with Crippen molar-refractivity contribution in [3.05, 3.63) is 0 Å². The summed E-state index contributed by atoms with van der Waals surface area (Å²) in [5.74, 6) is 0.258. The van der Waals surface area contributed by atoms with Gasteiger partial charge in [0.05, 0.1) is 6.42 Å². The second-order valence-corrected chi connectivity index (χ2v) is 3.60. The summed E-state index contributed by atoms with van der Waals surface area (Å²) in [4.78, 5) is 0. The second kappa shape index (κ2) is 4.28. The molecule has 2 unspecified atom stereocenters. The lowest BCUT2D eigenvalue weighted by molar-refractivity contribution is -0.141. The van der Waals surface area contributed by atoms with Crippen LogP contribution in [0.25, 0.3) is 0 Å². The molecular weight excluding hydrogens is 181 g/mol. The van der Waals surface area contributed by atoms with E-state index in [2.05, 4.69) is 5.32 Å². The average Bonchev–Trinajstić information content (AvgIpc) is 2.01. The van der Waals surface area contributed by atoms with Gasteiger partial charge in [-0.15, -0.1) is 0 Å². The van der Waals surface area contributed by atoms with E-state index in [0.717, 1.165) is 6.42 Å². The van der Waals surface area contributed by atoms with Crippen LogP contribution < -0.4 is 11.1 Å². The maximum Gasteiger partial charge on any atom is 0.390 e. The molecule has 1 heterocycles. The van der Waals surface area contributed by atoms with Crippen molar-refractivity contribution in [2.45, 2.75) is 31.5 Å². The Hall–Kier alpha value is -0.290. The zero-order chi connectivity index (χ0) is 9.90. The van der Waals surface area contributed by atoms with Gasteiger partial charge in [-0.3, -0.25) is 0 Å². The van der Waals surface area contributed by atoms with Gasteiger partial charge in [-0.25, -0.2) is 0 Å². The normalized spacial score (nSPS) is 30.5. The molecule has 13 heavy (non-hydrogen) atoms. The summed E-state index contributed by atoms with van der Waals surface area (Å²) >= 11 is 0. The maximum atomic E-state index is 12.0. The molecular formula is C8H15F3N2. The molecule has 1 aliphatic heterocycles. The molecule has 1 aliphatic rings. The summed E-state index contributed by atoms with van der Waals surface area (Å²) in [6.45, 7) is 1.15. The van der Waals surface area contributed by atoms with Crippen LogP contribution in [0.2, 0.25) is 0 Å². The van der Waals surface area contributed by atoms with E-state index in [0.29, 0.717) is 19.5 Å². The number of alkyl halides is 3. The number of rotatable bonds is 2. The molecule has 1 saturated heterocycles. The Morgan fingerprint density at radius 2 is 2.08 bits per heavy atom. The first-order valence-electron chi connectivity index (χ1n) is 4.51. The number of piperidine rings is 1. The van der Waals surface area contributed by atoms with Gasteiger partial charge in [-0.1, -0.05) is 0 Å². The topological polar surface area (TPSA) is 38.0 Å². The molecule has 0 aromatic rings. The average molecular weight is 196 g/mol. The van der Waals surface area contributed by atoms with E-state index in [1.165, 1.54) is 0 Å². The van der Waals surface area contributed by atoms with Crippen molar-refractivity contribution in [2.24, 2.45) is 11.7 Å². The van der Waals surface area contributed by atoms with Crippen molar-refractivity contribution >= 4 is 0 Å². The third kappa shape index (κ3) is 3.95. The molecule has 5 heteroatoms. The molecule has 0 spiro atoms. The summed E-state index contributed by atoms with van der Waals surface area (Å²) in [5.41, 5.74) is 5.42. The maximum absolute atomic E-state index is 12.0. The van der Waals surface area contributed by atoms with Gasteiger partial charge >= 0.3 is 6.18 Å². The van der Waals surface area contributed by atoms with Crippen LogP contribution in [0.1, 0.15) is 19.3 Å². The fraction of sp³-hybridized carbons (Fsp3) is 1.00. The molecule has 78 valence electrons. The minimum atomic E-state index is -4.06. The zero-order valence-electron chi connectivity index (χ0n) is 7.40. The van der Waals surface area contributed by atoms with Gasteiger partial charge in [-0.2, -0.15) is 13.2 Å². The van der Waals surface area contributed by atoms with Gasteiger partial charge in [0.2, 0.25) is 0 Å². The SMILES string of the molecule is NCC1CCNC(CC(F)(F)F)C1. The lowest BCUT2D eigenvalue weighted by Gasteiger charge is -2.30. The van der Waals surface area contributed by atoms with Gasteiger partial charge in [0.15, 0.2) is 0 Å². The second-order valence-electron chi connectivity index (χ2n) is 3.60. The van der Waals surface area contributed by atoms with Crippen LogP contribution in [0.5, 0.6) is 0 Å². The fourth-order valence-electron chi connectivity index (χ4n) is 1.74. The summed E-state index contributed by atoms with van der Waals surface area (Å²) < 4.78 is 36.0. The molecule has 0 radical (unpaired) electrons.